The van der Waals surface area contributed by atoms with Crippen LogP contribution in [-0.4, -0.2) is 36.6 Å². The second-order valence-corrected chi connectivity index (χ2v) is 6.73. The highest BCUT2D eigenvalue weighted by Gasteiger charge is 2.26. The zero-order valence-corrected chi connectivity index (χ0v) is 14.1. The van der Waals surface area contributed by atoms with Crippen LogP contribution in [0.1, 0.15) is 37.2 Å². The molecule has 6 nitrogen and oxygen atoms in total. The van der Waals surface area contributed by atoms with Crippen molar-refractivity contribution in [2.75, 3.05) is 24.5 Å². The molecule has 1 aromatic heterocycles. The molecule has 6 heteroatoms. The summed E-state index contributed by atoms with van der Waals surface area (Å²) in [6.45, 7) is 2.50. The molecule has 0 aliphatic carbocycles. The molecular weight excluding hydrogens is 316 g/mol. The van der Waals surface area contributed by atoms with E-state index in [0.29, 0.717) is 18.9 Å². The second kappa shape index (κ2) is 6.80. The number of benzene rings is 1. The number of aromatic nitrogens is 1. The summed E-state index contributed by atoms with van der Waals surface area (Å²) in [5.41, 5.74) is 2.08. The lowest BCUT2D eigenvalue weighted by atomic mass is 9.88. The predicted molar refractivity (Wildman–Crippen MR) is 96.7 cm³/mol. The van der Waals surface area contributed by atoms with Gasteiger partial charge in [-0.25, -0.2) is 4.79 Å². The van der Waals surface area contributed by atoms with Crippen molar-refractivity contribution in [1.29, 1.82) is 0 Å². The summed E-state index contributed by atoms with van der Waals surface area (Å²) in [7, 11) is 0. The molecule has 0 saturated carbocycles. The van der Waals surface area contributed by atoms with Gasteiger partial charge in [0, 0.05) is 29.9 Å². The van der Waals surface area contributed by atoms with Crippen molar-refractivity contribution in [3.05, 3.63) is 36.2 Å². The zero-order valence-electron chi connectivity index (χ0n) is 14.1. The van der Waals surface area contributed by atoms with Gasteiger partial charge in [-0.3, -0.25) is 20.0 Å². The minimum absolute atomic E-state index is 0.221. The molecule has 4 rings (SSSR count). The number of nitrogens with one attached hydrogen (secondary N) is 2. The number of hydrogen-bond donors (Lipinski definition) is 2. The van der Waals surface area contributed by atoms with Gasteiger partial charge in [0.25, 0.3) is 0 Å². The quantitative estimate of drug-likeness (QED) is 0.882. The molecule has 0 radical (unpaired) electrons. The third-order valence-corrected chi connectivity index (χ3v) is 5.18. The number of anilines is 1. The first-order chi connectivity index (χ1) is 12.2. The third-order valence-electron chi connectivity index (χ3n) is 5.18. The van der Waals surface area contributed by atoms with Crippen molar-refractivity contribution in [2.45, 2.75) is 31.6 Å². The van der Waals surface area contributed by atoms with Crippen LogP contribution in [0.4, 0.5) is 10.5 Å². The van der Waals surface area contributed by atoms with Crippen molar-refractivity contribution in [3.8, 4) is 0 Å². The van der Waals surface area contributed by atoms with E-state index < -0.39 is 0 Å². The maximum atomic E-state index is 12.2. The van der Waals surface area contributed by atoms with Crippen LogP contribution in [0.5, 0.6) is 0 Å². The average Bonchev–Trinajstić information content (AvgIpc) is 2.90. The minimum atomic E-state index is -0.366. The molecule has 1 unspecified atom stereocenters. The van der Waals surface area contributed by atoms with Crippen molar-refractivity contribution in [2.24, 2.45) is 0 Å². The Kier molecular flexibility index (Phi) is 4.36. The Morgan fingerprint density at radius 2 is 2.00 bits per heavy atom. The number of pyridine rings is 1. The summed E-state index contributed by atoms with van der Waals surface area (Å²) >= 11 is 0. The fraction of sp³-hybridized carbons (Fsp3) is 0.421. The summed E-state index contributed by atoms with van der Waals surface area (Å²) < 4.78 is 0. The Morgan fingerprint density at radius 1 is 1.08 bits per heavy atom. The second-order valence-electron chi connectivity index (χ2n) is 6.73. The first-order valence-electron chi connectivity index (χ1n) is 8.93. The van der Waals surface area contributed by atoms with Gasteiger partial charge in [-0.2, -0.15) is 0 Å². The maximum absolute atomic E-state index is 12.2. The summed E-state index contributed by atoms with van der Waals surface area (Å²) in [4.78, 5) is 29.7. The monoisotopic (exact) mass is 338 g/mol. The molecule has 1 aromatic carbocycles. The summed E-state index contributed by atoms with van der Waals surface area (Å²) in [6, 6.07) is 5.92. The Hall–Kier alpha value is -2.47. The minimum Gasteiger partial charge on any atom is -0.317 e. The van der Waals surface area contributed by atoms with Crippen molar-refractivity contribution in [1.82, 2.24) is 15.6 Å². The van der Waals surface area contributed by atoms with Gasteiger partial charge >= 0.3 is 6.03 Å². The Balaban J connectivity index is 1.76. The standard InChI is InChI=1S/C19H22N4O2/c24-18-7-10-23(19(25)22-18)17-12-21-11-16-14(4-1-5-15(16)17)13-3-2-8-20-9-6-13/h1,4-5,11-13,20H,2-3,6-10H2,(H,22,24,25). The van der Waals surface area contributed by atoms with Crippen LogP contribution < -0.4 is 15.5 Å². The SMILES string of the molecule is O=C1CCN(c2cncc3c(C4CCCNCC4)cccc23)C(=O)N1. The molecule has 2 fully saturated rings. The summed E-state index contributed by atoms with van der Waals surface area (Å²) in [5, 5.41) is 7.98. The van der Waals surface area contributed by atoms with E-state index in [0.717, 1.165) is 42.4 Å². The van der Waals surface area contributed by atoms with E-state index in [9.17, 15) is 9.59 Å². The fourth-order valence-corrected chi connectivity index (χ4v) is 3.90. The van der Waals surface area contributed by atoms with E-state index in [4.69, 9.17) is 0 Å². The first kappa shape index (κ1) is 16.0. The normalized spacial score (nSPS) is 21.9. The van der Waals surface area contributed by atoms with Gasteiger partial charge in [0.05, 0.1) is 11.9 Å². The van der Waals surface area contributed by atoms with Crippen LogP contribution in [0, 0.1) is 0 Å². The van der Waals surface area contributed by atoms with Gasteiger partial charge in [0.2, 0.25) is 5.91 Å². The van der Waals surface area contributed by atoms with E-state index >= 15 is 0 Å². The van der Waals surface area contributed by atoms with Crippen molar-refractivity contribution < 1.29 is 9.59 Å². The van der Waals surface area contributed by atoms with E-state index in [1.165, 1.54) is 12.0 Å². The lowest BCUT2D eigenvalue weighted by Crippen LogP contribution is -2.49. The predicted octanol–water partition coefficient (Wildman–Crippen LogP) is 2.54. The number of urea groups is 1. The van der Waals surface area contributed by atoms with E-state index in [-0.39, 0.29) is 11.9 Å². The van der Waals surface area contributed by atoms with Gasteiger partial charge in [0.15, 0.2) is 0 Å². The molecule has 2 N–H and O–H groups in total. The lowest BCUT2D eigenvalue weighted by Gasteiger charge is -2.28. The number of carbonyl (C=O) groups is 2. The Bertz CT molecular complexity index is 812. The van der Waals surface area contributed by atoms with Crippen LogP contribution >= 0.6 is 0 Å². The van der Waals surface area contributed by atoms with Gasteiger partial charge in [0.1, 0.15) is 0 Å². The molecule has 25 heavy (non-hydrogen) atoms. The van der Waals surface area contributed by atoms with E-state index in [2.05, 4.69) is 27.8 Å². The van der Waals surface area contributed by atoms with E-state index in [1.807, 2.05) is 12.3 Å². The number of carbonyl (C=O) groups excluding carboxylic acids is 2. The number of amides is 3. The average molecular weight is 338 g/mol. The molecule has 130 valence electrons. The molecule has 1 atom stereocenters. The maximum Gasteiger partial charge on any atom is 0.328 e. The molecule has 0 spiro atoms. The fourth-order valence-electron chi connectivity index (χ4n) is 3.90. The van der Waals surface area contributed by atoms with Crippen molar-refractivity contribution in [3.63, 3.8) is 0 Å². The van der Waals surface area contributed by atoms with Crippen LogP contribution in [0.2, 0.25) is 0 Å². The van der Waals surface area contributed by atoms with Crippen molar-refractivity contribution >= 4 is 28.4 Å². The molecular formula is C19H22N4O2. The van der Waals surface area contributed by atoms with Gasteiger partial charge < -0.3 is 5.32 Å². The summed E-state index contributed by atoms with van der Waals surface area (Å²) in [6.07, 6.45) is 7.38. The third kappa shape index (κ3) is 3.09. The summed E-state index contributed by atoms with van der Waals surface area (Å²) in [5.74, 6) is 0.286. The first-order valence-corrected chi connectivity index (χ1v) is 8.93. The number of imide groups is 1. The van der Waals surface area contributed by atoms with Crippen LogP contribution in [-0.2, 0) is 4.79 Å². The molecule has 2 saturated heterocycles. The zero-order chi connectivity index (χ0) is 17.2. The van der Waals surface area contributed by atoms with Crippen LogP contribution in [0.3, 0.4) is 0 Å². The smallest absolute Gasteiger partial charge is 0.317 e. The van der Waals surface area contributed by atoms with Gasteiger partial charge in [-0.05, 0) is 43.8 Å². The van der Waals surface area contributed by atoms with Gasteiger partial charge in [-0.1, -0.05) is 18.2 Å². The molecule has 3 amide bonds. The highest BCUT2D eigenvalue weighted by atomic mass is 16.2. The number of fused-ring (bicyclic) bond motifs is 1. The largest absolute Gasteiger partial charge is 0.328 e. The molecule has 3 heterocycles. The molecule has 0 bridgehead atoms. The topological polar surface area (TPSA) is 74.3 Å². The highest BCUT2D eigenvalue weighted by molar-refractivity contribution is 6.10. The number of hydrogen-bond acceptors (Lipinski definition) is 4. The Morgan fingerprint density at radius 3 is 2.88 bits per heavy atom. The molecule has 2 aliphatic rings. The molecule has 2 aliphatic heterocycles. The van der Waals surface area contributed by atoms with E-state index in [1.54, 1.807) is 11.1 Å². The van der Waals surface area contributed by atoms with Crippen LogP contribution in [0.15, 0.2) is 30.6 Å². The number of rotatable bonds is 2. The van der Waals surface area contributed by atoms with Gasteiger partial charge in [-0.15, -0.1) is 0 Å². The number of nitrogens with zero attached hydrogens (tertiary/aromatic N) is 2. The lowest BCUT2D eigenvalue weighted by molar-refractivity contribution is -0.120. The highest BCUT2D eigenvalue weighted by Crippen LogP contribution is 2.35. The molecule has 2 aromatic rings. The van der Waals surface area contributed by atoms with Crippen LogP contribution in [0.25, 0.3) is 10.8 Å². The Labute approximate surface area is 146 Å².